The highest BCUT2D eigenvalue weighted by molar-refractivity contribution is 7.17. The van der Waals surface area contributed by atoms with Gasteiger partial charge in [0, 0.05) is 73.7 Å². The summed E-state index contributed by atoms with van der Waals surface area (Å²) in [6.07, 6.45) is 25.1. The Hall–Kier alpha value is -9.57. The van der Waals surface area contributed by atoms with Crippen molar-refractivity contribution in [3.05, 3.63) is 239 Å². The fourth-order valence-electron chi connectivity index (χ4n) is 14.7. The van der Waals surface area contributed by atoms with Gasteiger partial charge in [0.1, 0.15) is 23.0 Å². The number of rotatable bonds is 35. The van der Waals surface area contributed by atoms with E-state index in [1.807, 2.05) is 24.3 Å². The summed E-state index contributed by atoms with van der Waals surface area (Å²) >= 11 is 1.49. The van der Waals surface area contributed by atoms with Crippen molar-refractivity contribution in [1.82, 2.24) is 9.97 Å². The second-order valence-electron chi connectivity index (χ2n) is 27.3. The van der Waals surface area contributed by atoms with Crippen molar-refractivity contribution in [2.24, 2.45) is 0 Å². The molecule has 2 aliphatic rings. The number of hydrogen-bond donors (Lipinski definition) is 0. The molecule has 2 unspecified atom stereocenters. The highest BCUT2D eigenvalue weighted by atomic mass is 32.1. The van der Waals surface area contributed by atoms with Gasteiger partial charge in [-0.3, -0.25) is 4.79 Å². The van der Waals surface area contributed by atoms with Gasteiger partial charge in [-0.15, -0.1) is 11.3 Å². The molecule has 8 nitrogen and oxygen atoms in total. The van der Waals surface area contributed by atoms with E-state index in [1.165, 1.54) is 98.9 Å². The van der Waals surface area contributed by atoms with Crippen LogP contribution >= 0.6 is 11.3 Å². The number of aldehydes is 1. The maximum absolute atomic E-state index is 12.0. The smallest absolute Gasteiger partial charge is 0.160 e. The van der Waals surface area contributed by atoms with Crippen molar-refractivity contribution in [3.63, 3.8) is 0 Å². The summed E-state index contributed by atoms with van der Waals surface area (Å²) in [6, 6.07) is 76.6. The van der Waals surface area contributed by atoms with Gasteiger partial charge in [-0.2, -0.15) is 0 Å². The van der Waals surface area contributed by atoms with Gasteiger partial charge < -0.3 is 23.8 Å². The van der Waals surface area contributed by atoms with Gasteiger partial charge in [0.15, 0.2) is 6.29 Å². The van der Waals surface area contributed by atoms with Gasteiger partial charge in [0.25, 0.3) is 0 Å². The zero-order valence-electron chi connectivity index (χ0n) is 59.6. The summed E-state index contributed by atoms with van der Waals surface area (Å²) < 4.78 is 25.9. The molecule has 11 aromatic rings. The van der Waals surface area contributed by atoms with Crippen LogP contribution in [0, 0.1) is 0 Å². The van der Waals surface area contributed by atoms with Crippen LogP contribution in [0.25, 0.3) is 89.0 Å². The van der Waals surface area contributed by atoms with Gasteiger partial charge >= 0.3 is 0 Å². The van der Waals surface area contributed by atoms with Gasteiger partial charge in [-0.05, 0) is 150 Å². The van der Waals surface area contributed by atoms with Crippen LogP contribution in [0.15, 0.2) is 212 Å². The zero-order valence-corrected chi connectivity index (χ0v) is 60.4. The molecule has 0 radical (unpaired) electrons. The topological polar surface area (TPSA) is 83.0 Å². The first-order chi connectivity index (χ1) is 49.9. The van der Waals surface area contributed by atoms with E-state index in [0.717, 1.165) is 180 Å². The first-order valence-electron chi connectivity index (χ1n) is 37.7. The van der Waals surface area contributed by atoms with E-state index in [2.05, 4.69) is 227 Å². The van der Waals surface area contributed by atoms with Gasteiger partial charge in [0.2, 0.25) is 0 Å². The molecule has 516 valence electrons. The Morgan fingerprint density at radius 2 is 0.931 bits per heavy atom. The maximum Gasteiger partial charge on any atom is 0.160 e. The summed E-state index contributed by atoms with van der Waals surface area (Å²) in [7, 11) is 0. The van der Waals surface area contributed by atoms with Crippen molar-refractivity contribution in [3.8, 4) is 89.3 Å². The molecule has 101 heavy (non-hydrogen) atoms. The quantitative estimate of drug-likeness (QED) is 0.0221. The Morgan fingerprint density at radius 3 is 1.44 bits per heavy atom. The van der Waals surface area contributed by atoms with E-state index in [0.29, 0.717) is 43.3 Å². The number of benzene rings is 9. The van der Waals surface area contributed by atoms with Crippen molar-refractivity contribution in [1.29, 1.82) is 0 Å². The predicted molar refractivity (Wildman–Crippen MR) is 423 cm³/mol. The van der Waals surface area contributed by atoms with Crippen LogP contribution in [0.2, 0.25) is 0 Å². The third-order valence-corrected chi connectivity index (χ3v) is 21.2. The average Bonchev–Trinajstić information content (AvgIpc) is 1.68. The molecule has 9 aromatic carbocycles. The average molecular weight is 1360 g/mol. The predicted octanol–water partition coefficient (Wildman–Crippen LogP) is 25.7. The minimum absolute atomic E-state index is 0.342. The molecule has 3 heterocycles. The molecule has 1 fully saturated rings. The standard InChI is InChI=1S/C92H97N3O5S/c1-5-9-13-23-56-97-74-47-50-77(86(62-74)99-58-25-15-11-7-3)66-36-40-68(41-37-66)82(69-42-38-67(39-43-69)78-51-48-75(98-57-24-14-10-6-2)63-87(78)100-59-26-16-12-8-4)60-65-34-45-73(46-35-65)95-84-33-27-32-80(84)83-61-72(44-54-85(83)95)79-52-53-81(88-55-49-76(64-96)101-88)92-91(79)93-89(70-28-19-17-20-29-70)90(94-92)71-30-21-18-22-31-71/h17-22,28-31,34-55,60-64,80,84H,5-16,23-27,32-33,56-59H2,1-4H3. The molecule has 0 bridgehead atoms. The van der Waals surface area contributed by atoms with Crippen LogP contribution in [0.3, 0.4) is 0 Å². The van der Waals surface area contributed by atoms with E-state index in [4.69, 9.17) is 28.9 Å². The number of anilines is 2. The van der Waals surface area contributed by atoms with Crippen molar-refractivity contribution in [2.45, 2.75) is 162 Å². The van der Waals surface area contributed by atoms with Crippen LogP contribution in [0.4, 0.5) is 11.4 Å². The number of carbonyl (C=O) groups is 1. The highest BCUT2D eigenvalue weighted by Gasteiger charge is 2.42. The molecular formula is C92H97N3O5S. The number of nitrogens with zero attached hydrogens (tertiary/aromatic N) is 3. The maximum atomic E-state index is 12.0. The molecule has 0 amide bonds. The molecule has 9 heteroatoms. The second kappa shape index (κ2) is 34.7. The third kappa shape index (κ3) is 16.8. The number of ether oxygens (including phenoxy) is 4. The van der Waals surface area contributed by atoms with Crippen LogP contribution in [-0.2, 0) is 0 Å². The van der Waals surface area contributed by atoms with Gasteiger partial charge in [-0.25, -0.2) is 9.97 Å². The fourth-order valence-corrected chi connectivity index (χ4v) is 15.6. The second-order valence-corrected chi connectivity index (χ2v) is 28.5. The molecular weight excluding hydrogens is 1260 g/mol. The Kier molecular flexibility index (Phi) is 24.0. The van der Waals surface area contributed by atoms with Gasteiger partial charge in [-0.1, -0.05) is 251 Å². The van der Waals surface area contributed by atoms with Crippen molar-refractivity contribution >= 4 is 51.7 Å². The molecule has 13 rings (SSSR count). The summed E-state index contributed by atoms with van der Waals surface area (Å²) in [5, 5.41) is 0. The first-order valence-corrected chi connectivity index (χ1v) is 38.5. The number of unbranched alkanes of at least 4 members (excludes halogenated alkanes) is 12. The molecule has 2 atom stereocenters. The minimum Gasteiger partial charge on any atom is -0.493 e. The Bertz CT molecular complexity index is 4420. The Balaban J connectivity index is 0.843. The molecule has 0 saturated heterocycles. The van der Waals surface area contributed by atoms with E-state index in [1.54, 1.807) is 0 Å². The summed E-state index contributed by atoms with van der Waals surface area (Å²) in [4.78, 5) is 27.6. The number of fused-ring (bicyclic) bond motifs is 4. The van der Waals surface area contributed by atoms with Crippen LogP contribution in [0.1, 0.15) is 188 Å². The van der Waals surface area contributed by atoms with Crippen LogP contribution < -0.4 is 23.8 Å². The highest BCUT2D eigenvalue weighted by Crippen LogP contribution is 2.54. The lowest BCUT2D eigenvalue weighted by atomic mass is 9.92. The molecule has 1 aliphatic carbocycles. The van der Waals surface area contributed by atoms with Gasteiger partial charge in [0.05, 0.1) is 53.7 Å². The largest absolute Gasteiger partial charge is 0.493 e. The van der Waals surface area contributed by atoms with E-state index in [-0.39, 0.29) is 0 Å². The van der Waals surface area contributed by atoms with E-state index >= 15 is 0 Å². The SMILES string of the molecule is CCCCCCOc1ccc(-c2ccc(C(=Cc3ccc(N4c5ccc(-c6ccc(-c7ccc(C=O)s7)c7nc(-c8ccccc8)c(-c8ccccc8)nc67)cc5C5CCCC54)cc3)c3ccc(-c4ccc(OCCCCCC)cc4OCCCCCC)cc3)cc2)c(OCCCCCC)c1. The lowest BCUT2D eigenvalue weighted by Gasteiger charge is -2.27. The third-order valence-electron chi connectivity index (χ3n) is 20.2. The summed E-state index contributed by atoms with van der Waals surface area (Å²) in [6.45, 7) is 11.7. The lowest BCUT2D eigenvalue weighted by molar-refractivity contribution is 0.112. The molecule has 0 spiro atoms. The number of aromatic nitrogens is 2. The lowest BCUT2D eigenvalue weighted by Crippen LogP contribution is -2.26. The Morgan fingerprint density at radius 1 is 0.446 bits per heavy atom. The fraction of sp³-hybridized carbons (Fsp3) is 0.315. The number of hydrogen-bond acceptors (Lipinski definition) is 9. The van der Waals surface area contributed by atoms with Crippen LogP contribution in [-0.4, -0.2) is 48.7 Å². The number of thiophene rings is 1. The molecule has 0 N–H and O–H groups in total. The first kappa shape index (κ1) is 69.9. The summed E-state index contributed by atoms with van der Waals surface area (Å²) in [5.74, 6) is 3.82. The van der Waals surface area contributed by atoms with Crippen molar-refractivity contribution < 1.29 is 23.7 Å². The van der Waals surface area contributed by atoms with E-state index in [9.17, 15) is 4.79 Å². The van der Waals surface area contributed by atoms with E-state index < -0.39 is 0 Å². The minimum atomic E-state index is 0.342. The Labute approximate surface area is 603 Å². The monoisotopic (exact) mass is 1360 g/mol. The van der Waals surface area contributed by atoms with Crippen LogP contribution in [0.5, 0.6) is 23.0 Å². The molecule has 1 saturated carbocycles. The number of carbonyl (C=O) groups excluding carboxylic acids is 1. The normalized spacial score (nSPS) is 13.8. The summed E-state index contributed by atoms with van der Waals surface area (Å²) in [5.41, 5.74) is 21.1. The van der Waals surface area contributed by atoms with Crippen molar-refractivity contribution in [2.75, 3.05) is 31.3 Å². The molecule has 1 aliphatic heterocycles. The molecule has 2 aromatic heterocycles. The zero-order chi connectivity index (χ0) is 69.1.